The number of ether oxygens (including phenoxy) is 1. The number of carbonyl (C=O) groups excluding carboxylic acids is 1. The van der Waals surface area contributed by atoms with Gasteiger partial charge in [0.2, 0.25) is 5.91 Å². The van der Waals surface area contributed by atoms with Gasteiger partial charge in [0, 0.05) is 18.5 Å². The van der Waals surface area contributed by atoms with Gasteiger partial charge >= 0.3 is 0 Å². The Hall–Kier alpha value is -1.55. The van der Waals surface area contributed by atoms with Crippen LogP contribution in [0.25, 0.3) is 0 Å². The number of hydrogen-bond donors (Lipinski definition) is 0. The van der Waals surface area contributed by atoms with Gasteiger partial charge in [-0.2, -0.15) is 0 Å². The minimum absolute atomic E-state index is 0.315. The number of benzene rings is 1. The molecule has 3 aliphatic rings. The summed E-state index contributed by atoms with van der Waals surface area (Å²) in [6, 6.07) is 8.61. The maximum atomic E-state index is 13.5. The SMILES string of the molecule is COc1ccc(CN(C(=O)C2[C@H]3CCCC[C@H]23)C2CCN(C)CC2)cc1. The summed E-state index contributed by atoms with van der Waals surface area (Å²) in [7, 11) is 3.87. The summed E-state index contributed by atoms with van der Waals surface area (Å²) < 4.78 is 5.28. The molecule has 2 saturated carbocycles. The van der Waals surface area contributed by atoms with Crippen molar-refractivity contribution in [3.63, 3.8) is 0 Å². The first kappa shape index (κ1) is 17.8. The molecule has 1 aromatic carbocycles. The highest BCUT2D eigenvalue weighted by molar-refractivity contribution is 5.82. The van der Waals surface area contributed by atoms with Crippen LogP contribution in [0.4, 0.5) is 0 Å². The van der Waals surface area contributed by atoms with Gasteiger partial charge in [-0.25, -0.2) is 0 Å². The molecular weight excluding hydrogens is 324 g/mol. The van der Waals surface area contributed by atoms with Crippen LogP contribution in [0.2, 0.25) is 0 Å². The lowest BCUT2D eigenvalue weighted by molar-refractivity contribution is -0.137. The van der Waals surface area contributed by atoms with Crippen molar-refractivity contribution in [1.29, 1.82) is 0 Å². The van der Waals surface area contributed by atoms with Crippen molar-refractivity contribution < 1.29 is 9.53 Å². The molecule has 0 aromatic heterocycles. The van der Waals surface area contributed by atoms with E-state index in [0.717, 1.165) is 38.2 Å². The van der Waals surface area contributed by atoms with E-state index in [1.54, 1.807) is 7.11 Å². The fraction of sp³-hybridized carbons (Fsp3) is 0.682. The summed E-state index contributed by atoms with van der Waals surface area (Å²) in [5, 5.41) is 0. The van der Waals surface area contributed by atoms with E-state index in [0.29, 0.717) is 29.7 Å². The van der Waals surface area contributed by atoms with Crippen LogP contribution >= 0.6 is 0 Å². The van der Waals surface area contributed by atoms with Gasteiger partial charge in [0.25, 0.3) is 0 Å². The molecule has 1 amide bonds. The van der Waals surface area contributed by atoms with Gasteiger partial charge in [-0.3, -0.25) is 4.79 Å². The van der Waals surface area contributed by atoms with Crippen molar-refractivity contribution >= 4 is 5.91 Å². The van der Waals surface area contributed by atoms with Crippen molar-refractivity contribution in [3.8, 4) is 5.75 Å². The van der Waals surface area contributed by atoms with Gasteiger partial charge < -0.3 is 14.5 Å². The summed E-state index contributed by atoms with van der Waals surface area (Å²) in [6.45, 7) is 2.93. The fourth-order valence-electron chi connectivity index (χ4n) is 5.17. The Morgan fingerprint density at radius 3 is 2.27 bits per heavy atom. The zero-order valence-corrected chi connectivity index (χ0v) is 16.2. The molecule has 26 heavy (non-hydrogen) atoms. The summed E-state index contributed by atoms with van der Waals surface area (Å²) in [5.74, 6) is 2.99. The third-order valence-electron chi connectivity index (χ3n) is 6.87. The molecule has 0 spiro atoms. The van der Waals surface area contributed by atoms with Crippen LogP contribution in [-0.2, 0) is 11.3 Å². The predicted molar refractivity (Wildman–Crippen MR) is 103 cm³/mol. The number of fused-ring (bicyclic) bond motifs is 1. The van der Waals surface area contributed by atoms with Gasteiger partial charge in [-0.1, -0.05) is 25.0 Å². The second kappa shape index (κ2) is 7.59. The third-order valence-corrected chi connectivity index (χ3v) is 6.87. The first-order valence-electron chi connectivity index (χ1n) is 10.3. The predicted octanol–water partition coefficient (Wildman–Crippen LogP) is 3.55. The normalized spacial score (nSPS) is 29.1. The lowest BCUT2D eigenvalue weighted by Gasteiger charge is -2.38. The number of carbonyl (C=O) groups is 1. The number of piperidine rings is 1. The number of amides is 1. The molecule has 4 nitrogen and oxygen atoms in total. The van der Waals surface area contributed by atoms with Crippen LogP contribution in [0.5, 0.6) is 5.75 Å². The highest BCUT2D eigenvalue weighted by atomic mass is 16.5. The van der Waals surface area contributed by atoms with Crippen molar-refractivity contribution in [2.45, 2.75) is 51.1 Å². The molecule has 4 heteroatoms. The van der Waals surface area contributed by atoms with Crippen LogP contribution in [0.1, 0.15) is 44.1 Å². The number of nitrogens with zero attached hydrogens (tertiary/aromatic N) is 2. The van der Waals surface area contributed by atoms with Crippen molar-refractivity contribution in [1.82, 2.24) is 9.80 Å². The van der Waals surface area contributed by atoms with Crippen LogP contribution in [0.15, 0.2) is 24.3 Å². The van der Waals surface area contributed by atoms with E-state index in [1.807, 2.05) is 12.1 Å². The minimum atomic E-state index is 0.315. The molecule has 3 fully saturated rings. The molecule has 0 unspecified atom stereocenters. The van der Waals surface area contributed by atoms with E-state index in [-0.39, 0.29) is 0 Å². The maximum absolute atomic E-state index is 13.5. The molecule has 0 radical (unpaired) electrons. The van der Waals surface area contributed by atoms with Crippen LogP contribution < -0.4 is 4.74 Å². The van der Waals surface area contributed by atoms with E-state index >= 15 is 0 Å². The topological polar surface area (TPSA) is 32.8 Å². The Morgan fingerprint density at radius 1 is 1.08 bits per heavy atom. The third kappa shape index (κ3) is 3.62. The molecule has 142 valence electrons. The van der Waals surface area contributed by atoms with Crippen molar-refractivity contribution in [2.24, 2.45) is 17.8 Å². The molecular formula is C22H32N2O2. The van der Waals surface area contributed by atoms with Gasteiger partial charge in [0.1, 0.15) is 5.75 Å². The van der Waals surface area contributed by atoms with Crippen LogP contribution in [0, 0.1) is 17.8 Å². The largest absolute Gasteiger partial charge is 0.497 e. The Morgan fingerprint density at radius 2 is 1.69 bits per heavy atom. The standard InChI is InChI=1S/C22H32N2O2/c1-23-13-11-17(12-14-23)24(15-16-7-9-18(26-2)10-8-16)22(25)21-19-5-3-4-6-20(19)21/h7-10,17,19-21H,3-6,11-15H2,1-2H3/t19-,20-/m0/s1. The average Bonchev–Trinajstić information content (AvgIpc) is 3.41. The Balaban J connectivity index is 1.50. The summed E-state index contributed by atoms with van der Waals surface area (Å²) >= 11 is 0. The van der Waals surface area contributed by atoms with Crippen molar-refractivity contribution in [2.75, 3.05) is 27.2 Å². The van der Waals surface area contributed by atoms with Gasteiger partial charge in [-0.15, -0.1) is 0 Å². The first-order valence-corrected chi connectivity index (χ1v) is 10.3. The van der Waals surface area contributed by atoms with Crippen LogP contribution in [-0.4, -0.2) is 49.0 Å². The number of likely N-dealkylation sites (tertiary alicyclic amines) is 1. The molecule has 1 aromatic rings. The zero-order valence-electron chi connectivity index (χ0n) is 16.2. The summed E-state index contributed by atoms with van der Waals surface area (Å²) in [6.07, 6.45) is 7.37. The smallest absolute Gasteiger partial charge is 0.226 e. The number of rotatable bonds is 5. The lowest BCUT2D eigenvalue weighted by Crippen LogP contribution is -2.47. The molecule has 4 rings (SSSR count). The summed E-state index contributed by atoms with van der Waals surface area (Å²) in [5.41, 5.74) is 1.21. The molecule has 0 bridgehead atoms. The van der Waals surface area contributed by atoms with Crippen LogP contribution in [0.3, 0.4) is 0 Å². The molecule has 2 aliphatic carbocycles. The quantitative estimate of drug-likeness (QED) is 0.809. The highest BCUT2D eigenvalue weighted by Gasteiger charge is 2.56. The second-order valence-electron chi connectivity index (χ2n) is 8.49. The van der Waals surface area contributed by atoms with E-state index in [2.05, 4.69) is 29.0 Å². The average molecular weight is 357 g/mol. The van der Waals surface area contributed by atoms with E-state index < -0.39 is 0 Å². The van der Waals surface area contributed by atoms with E-state index in [4.69, 9.17) is 4.74 Å². The van der Waals surface area contributed by atoms with E-state index in [1.165, 1.54) is 31.2 Å². The molecule has 1 saturated heterocycles. The number of hydrogen-bond acceptors (Lipinski definition) is 3. The van der Waals surface area contributed by atoms with Gasteiger partial charge in [0.15, 0.2) is 0 Å². The molecule has 2 atom stereocenters. The molecule has 0 N–H and O–H groups in total. The maximum Gasteiger partial charge on any atom is 0.226 e. The Labute approximate surface area is 157 Å². The van der Waals surface area contributed by atoms with E-state index in [9.17, 15) is 4.79 Å². The molecule has 1 heterocycles. The minimum Gasteiger partial charge on any atom is -0.497 e. The monoisotopic (exact) mass is 356 g/mol. The first-order chi connectivity index (χ1) is 12.7. The lowest BCUT2D eigenvalue weighted by atomic mass is 10.0. The van der Waals surface area contributed by atoms with Gasteiger partial charge in [0.05, 0.1) is 7.11 Å². The Bertz CT molecular complexity index is 610. The van der Waals surface area contributed by atoms with Crippen molar-refractivity contribution in [3.05, 3.63) is 29.8 Å². The zero-order chi connectivity index (χ0) is 18.1. The molecule has 1 aliphatic heterocycles. The highest BCUT2D eigenvalue weighted by Crippen LogP contribution is 2.56. The second-order valence-corrected chi connectivity index (χ2v) is 8.49. The Kier molecular flexibility index (Phi) is 5.21. The van der Waals surface area contributed by atoms with Gasteiger partial charge in [-0.05, 0) is 75.4 Å². The number of methoxy groups -OCH3 is 1. The fourth-order valence-corrected chi connectivity index (χ4v) is 5.17. The summed E-state index contributed by atoms with van der Waals surface area (Å²) in [4.78, 5) is 18.1.